The topological polar surface area (TPSA) is 48.0 Å². The van der Waals surface area contributed by atoms with Crippen molar-refractivity contribution in [3.63, 3.8) is 0 Å². The van der Waals surface area contributed by atoms with Crippen LogP contribution in [0.25, 0.3) is 0 Å². The molecule has 0 spiro atoms. The summed E-state index contributed by atoms with van der Waals surface area (Å²) in [7, 11) is 0. The number of piperidine rings is 1. The number of rotatable bonds is 4. The van der Waals surface area contributed by atoms with Crippen LogP contribution in [0, 0.1) is 5.92 Å². The van der Waals surface area contributed by atoms with Crippen LogP contribution in [0.3, 0.4) is 0 Å². The number of likely N-dealkylation sites (tertiary alicyclic amines) is 1. The predicted molar refractivity (Wildman–Crippen MR) is 123 cm³/mol. The first-order chi connectivity index (χ1) is 17.9. The first-order valence-corrected chi connectivity index (χ1v) is 12.4. The van der Waals surface area contributed by atoms with Gasteiger partial charge in [0.05, 0.1) is 26.4 Å². The normalized spacial score (nSPS) is 18.6. The Morgan fingerprint density at radius 3 is 1.71 bits per heavy atom. The van der Waals surface area contributed by atoms with Crippen LogP contribution in [-0.4, -0.2) is 42.5 Å². The summed E-state index contributed by atoms with van der Waals surface area (Å²) in [5, 5.41) is 0. The number of hydrogen-bond donors (Lipinski definition) is 0. The molecule has 5 rings (SSSR count). The molecule has 5 nitrogen and oxygen atoms in total. The Labute approximate surface area is 215 Å². The van der Waals surface area contributed by atoms with Gasteiger partial charge in [-0.05, 0) is 52.1 Å². The van der Waals surface area contributed by atoms with Crippen LogP contribution in [0.1, 0.15) is 53.1 Å². The molecule has 3 aliphatic heterocycles. The van der Waals surface area contributed by atoms with E-state index in [1.165, 1.54) is 0 Å². The van der Waals surface area contributed by atoms with Gasteiger partial charge in [0, 0.05) is 18.5 Å². The Hall–Kier alpha value is -2.79. The minimum Gasteiger partial charge on any atom is -0.426 e. The first kappa shape index (κ1) is 26.8. The van der Waals surface area contributed by atoms with E-state index in [2.05, 4.69) is 35.9 Å². The summed E-state index contributed by atoms with van der Waals surface area (Å²) in [5.74, 6) is -0.0478. The van der Waals surface area contributed by atoms with Crippen LogP contribution < -0.4 is 0 Å². The van der Waals surface area contributed by atoms with Crippen molar-refractivity contribution in [2.75, 3.05) is 13.1 Å². The van der Waals surface area contributed by atoms with Crippen molar-refractivity contribution in [1.82, 2.24) is 4.90 Å². The molecule has 0 saturated carbocycles. The van der Waals surface area contributed by atoms with Gasteiger partial charge in [0.1, 0.15) is 0 Å². The zero-order valence-corrected chi connectivity index (χ0v) is 20.6. The molecule has 3 aliphatic rings. The first-order valence-electron chi connectivity index (χ1n) is 12.4. The van der Waals surface area contributed by atoms with Crippen molar-refractivity contribution in [3.8, 4) is 0 Å². The fraction of sp³-hybridized carbons (Fsp3) is 0.519. The van der Waals surface area contributed by atoms with Gasteiger partial charge in [-0.15, -0.1) is 0 Å². The number of nitrogens with zero attached hydrogens (tertiary/aromatic N) is 1. The van der Waals surface area contributed by atoms with Gasteiger partial charge >= 0.3 is 18.4 Å². The SMILES string of the molecule is CC(c1ccc2c(c1)COC2)(c1ccc2c(c1)COC2)C1CCN(C(=O)OC(C(F)(F)F)C(F)(F)F)CC1. The number of fused-ring (bicyclic) bond motifs is 2. The van der Waals surface area contributed by atoms with Crippen LogP contribution in [0.15, 0.2) is 36.4 Å². The molecule has 0 aromatic heterocycles. The number of halogens is 6. The summed E-state index contributed by atoms with van der Waals surface area (Å²) < 4.78 is 92.4. The average Bonchev–Trinajstić information content (AvgIpc) is 3.53. The largest absolute Gasteiger partial charge is 0.434 e. The van der Waals surface area contributed by atoms with Crippen LogP contribution in [0.2, 0.25) is 0 Å². The van der Waals surface area contributed by atoms with Crippen molar-refractivity contribution in [2.45, 2.75) is 70.1 Å². The van der Waals surface area contributed by atoms with E-state index in [1.54, 1.807) is 0 Å². The second kappa shape index (κ2) is 9.75. The summed E-state index contributed by atoms with van der Waals surface area (Å²) >= 11 is 0. The molecule has 0 bridgehead atoms. The van der Waals surface area contributed by atoms with Gasteiger partial charge < -0.3 is 19.1 Å². The molecule has 2 aromatic carbocycles. The lowest BCUT2D eigenvalue weighted by Gasteiger charge is -2.44. The molecule has 1 amide bonds. The van der Waals surface area contributed by atoms with E-state index in [0.29, 0.717) is 39.3 Å². The zero-order valence-electron chi connectivity index (χ0n) is 20.6. The minimum absolute atomic E-state index is 0.0242. The maximum absolute atomic E-state index is 12.9. The molecular weight excluding hydrogens is 516 g/mol. The monoisotopic (exact) mass is 543 g/mol. The Bertz CT molecular complexity index is 1130. The zero-order chi connectivity index (χ0) is 27.3. The number of hydrogen-bond acceptors (Lipinski definition) is 4. The highest BCUT2D eigenvalue weighted by atomic mass is 19.4. The van der Waals surface area contributed by atoms with Crippen molar-refractivity contribution in [3.05, 3.63) is 69.8 Å². The van der Waals surface area contributed by atoms with Crippen molar-refractivity contribution in [1.29, 1.82) is 0 Å². The minimum atomic E-state index is -5.75. The number of carbonyl (C=O) groups excluding carboxylic acids is 1. The highest BCUT2D eigenvalue weighted by Crippen LogP contribution is 2.46. The number of benzene rings is 2. The van der Waals surface area contributed by atoms with E-state index >= 15 is 0 Å². The highest BCUT2D eigenvalue weighted by Gasteiger charge is 2.60. The number of ether oxygens (including phenoxy) is 3. The van der Waals surface area contributed by atoms with E-state index in [0.717, 1.165) is 38.3 Å². The molecular formula is C27H27F6NO4. The van der Waals surface area contributed by atoms with Crippen LogP contribution in [0.4, 0.5) is 31.1 Å². The molecule has 38 heavy (non-hydrogen) atoms. The third kappa shape index (κ3) is 4.98. The molecule has 0 atom stereocenters. The lowest BCUT2D eigenvalue weighted by molar-refractivity contribution is -0.308. The molecule has 11 heteroatoms. The van der Waals surface area contributed by atoms with Crippen LogP contribution in [0.5, 0.6) is 0 Å². The van der Waals surface area contributed by atoms with Crippen molar-refractivity contribution < 1.29 is 45.3 Å². The molecule has 0 aliphatic carbocycles. The quantitative estimate of drug-likeness (QED) is 0.419. The van der Waals surface area contributed by atoms with Crippen molar-refractivity contribution in [2.24, 2.45) is 5.92 Å². The Morgan fingerprint density at radius 2 is 1.26 bits per heavy atom. The van der Waals surface area contributed by atoms with E-state index in [1.807, 2.05) is 12.1 Å². The maximum atomic E-state index is 12.9. The Balaban J connectivity index is 1.39. The molecule has 1 saturated heterocycles. The number of alkyl halides is 6. The number of carbonyl (C=O) groups is 1. The van der Waals surface area contributed by atoms with Gasteiger partial charge in [0.2, 0.25) is 0 Å². The Kier molecular flexibility index (Phi) is 6.88. The summed E-state index contributed by atoms with van der Waals surface area (Å²) in [6.45, 7) is 4.14. The third-order valence-electron chi connectivity index (χ3n) is 8.03. The van der Waals surface area contributed by atoms with Gasteiger partial charge in [-0.1, -0.05) is 43.3 Å². The Morgan fingerprint density at radius 1 is 0.816 bits per heavy atom. The summed E-state index contributed by atoms with van der Waals surface area (Å²) in [5.41, 5.74) is 5.94. The maximum Gasteiger partial charge on any atom is 0.434 e. The van der Waals surface area contributed by atoms with Crippen LogP contribution in [-0.2, 0) is 46.1 Å². The van der Waals surface area contributed by atoms with E-state index < -0.39 is 30.0 Å². The predicted octanol–water partition coefficient (Wildman–Crippen LogP) is 6.39. The van der Waals surface area contributed by atoms with Crippen LogP contribution >= 0.6 is 0 Å². The molecule has 2 aromatic rings. The van der Waals surface area contributed by atoms with Crippen molar-refractivity contribution >= 4 is 6.09 Å². The third-order valence-corrected chi connectivity index (χ3v) is 8.03. The second-order valence-corrected chi connectivity index (χ2v) is 10.3. The second-order valence-electron chi connectivity index (χ2n) is 10.3. The van der Waals surface area contributed by atoms with E-state index in [-0.39, 0.29) is 19.0 Å². The lowest BCUT2D eigenvalue weighted by Crippen LogP contribution is -2.50. The summed E-state index contributed by atoms with van der Waals surface area (Å²) in [6.07, 6.45) is -16.5. The van der Waals surface area contributed by atoms with Gasteiger partial charge in [-0.25, -0.2) is 4.79 Å². The number of amides is 1. The van der Waals surface area contributed by atoms with Gasteiger partial charge in [0.25, 0.3) is 6.10 Å². The molecule has 0 radical (unpaired) electrons. The van der Waals surface area contributed by atoms with Gasteiger partial charge in [-0.2, -0.15) is 26.3 Å². The molecule has 0 N–H and O–H groups in total. The standard InChI is InChI=1S/C27H27F6NO4/c1-25(21-4-2-16-12-36-14-18(16)10-21,22-5-3-17-13-37-15-19(17)11-22)20-6-8-34(9-7-20)24(35)38-23(26(28,29)30)27(31,32)33/h2-5,10-11,20,23H,6-9,12-15H2,1H3. The van der Waals surface area contributed by atoms with E-state index in [9.17, 15) is 31.1 Å². The summed E-state index contributed by atoms with van der Waals surface area (Å²) in [6, 6.07) is 12.4. The molecule has 0 unspecified atom stereocenters. The van der Waals surface area contributed by atoms with E-state index in [4.69, 9.17) is 9.47 Å². The fourth-order valence-corrected chi connectivity index (χ4v) is 5.76. The molecule has 206 valence electrons. The fourth-order valence-electron chi connectivity index (χ4n) is 5.76. The molecule has 3 heterocycles. The molecule has 1 fully saturated rings. The lowest BCUT2D eigenvalue weighted by atomic mass is 9.63. The van der Waals surface area contributed by atoms with Gasteiger partial charge in [0.15, 0.2) is 0 Å². The average molecular weight is 544 g/mol. The smallest absolute Gasteiger partial charge is 0.426 e. The highest BCUT2D eigenvalue weighted by molar-refractivity contribution is 5.68. The van der Waals surface area contributed by atoms with Gasteiger partial charge in [-0.3, -0.25) is 0 Å². The summed E-state index contributed by atoms with van der Waals surface area (Å²) in [4.78, 5) is 13.3.